The molecule has 7 heteroatoms. The fraction of sp³-hybridized carbons (Fsp3) is 0.348. The van der Waals surface area contributed by atoms with E-state index >= 15 is 0 Å². The van der Waals surface area contributed by atoms with E-state index in [0.717, 1.165) is 23.0 Å². The van der Waals surface area contributed by atoms with Crippen molar-refractivity contribution in [2.24, 2.45) is 0 Å². The smallest absolute Gasteiger partial charge is 0.257 e. The molecule has 3 heterocycles. The van der Waals surface area contributed by atoms with Gasteiger partial charge in [0.15, 0.2) is 0 Å². The molecule has 0 aliphatic carbocycles. The summed E-state index contributed by atoms with van der Waals surface area (Å²) in [6, 6.07) is 12.0. The lowest BCUT2D eigenvalue weighted by molar-refractivity contribution is 0.0744. The van der Waals surface area contributed by atoms with Crippen molar-refractivity contribution >= 4 is 23.4 Å². The Balaban J connectivity index is 1.44. The van der Waals surface area contributed by atoms with Crippen molar-refractivity contribution in [2.45, 2.75) is 27.7 Å². The zero-order chi connectivity index (χ0) is 21.3. The minimum Gasteiger partial charge on any atom is -0.466 e. The summed E-state index contributed by atoms with van der Waals surface area (Å²) in [5, 5.41) is 3.36. The van der Waals surface area contributed by atoms with Crippen molar-refractivity contribution in [3.63, 3.8) is 0 Å². The molecule has 0 saturated carbocycles. The van der Waals surface area contributed by atoms with E-state index in [2.05, 4.69) is 34.3 Å². The van der Waals surface area contributed by atoms with Gasteiger partial charge in [-0.2, -0.15) is 4.98 Å². The number of carbonyl (C=O) groups excluding carboxylic acids is 1. The number of furan rings is 1. The van der Waals surface area contributed by atoms with E-state index < -0.39 is 0 Å². The summed E-state index contributed by atoms with van der Waals surface area (Å²) in [5.74, 6) is 2.91. The molecule has 1 aliphatic rings. The first-order valence-corrected chi connectivity index (χ1v) is 10.2. The predicted octanol–water partition coefficient (Wildman–Crippen LogP) is 4.01. The summed E-state index contributed by atoms with van der Waals surface area (Å²) in [6.45, 7) is 10.4. The van der Waals surface area contributed by atoms with Crippen LogP contribution in [0.3, 0.4) is 0 Å². The standard InChI is InChI=1S/C23H27N5O2/c1-15-5-7-19(8-6-15)25-21-13-16(2)24-23(26-21)28-11-9-27(10-12-28)22(29)20-14-17(3)30-18(20)4/h5-8,13-14H,9-12H2,1-4H3,(H,24,25,26). The molecule has 1 amide bonds. The average molecular weight is 406 g/mol. The van der Waals surface area contributed by atoms with Crippen molar-refractivity contribution in [1.29, 1.82) is 0 Å². The Morgan fingerprint density at radius 3 is 2.30 bits per heavy atom. The Labute approximate surface area is 176 Å². The third-order valence-corrected chi connectivity index (χ3v) is 5.29. The molecule has 0 unspecified atom stereocenters. The second kappa shape index (κ2) is 8.18. The number of aryl methyl sites for hydroxylation is 4. The molecule has 4 rings (SSSR count). The van der Waals surface area contributed by atoms with Gasteiger partial charge in [0.05, 0.1) is 5.56 Å². The molecular formula is C23H27N5O2. The fourth-order valence-corrected chi connectivity index (χ4v) is 3.67. The zero-order valence-corrected chi connectivity index (χ0v) is 17.9. The maximum Gasteiger partial charge on any atom is 0.257 e. The Hall–Kier alpha value is -3.35. The first-order chi connectivity index (χ1) is 14.4. The van der Waals surface area contributed by atoms with Gasteiger partial charge in [-0.15, -0.1) is 0 Å². The second-order valence-electron chi connectivity index (χ2n) is 7.79. The summed E-state index contributed by atoms with van der Waals surface area (Å²) in [7, 11) is 0. The molecule has 1 N–H and O–H groups in total. The summed E-state index contributed by atoms with van der Waals surface area (Å²) >= 11 is 0. The molecule has 2 aromatic heterocycles. The molecule has 1 aromatic carbocycles. The van der Waals surface area contributed by atoms with E-state index in [4.69, 9.17) is 9.40 Å². The molecule has 0 atom stereocenters. The molecular weight excluding hydrogens is 378 g/mol. The van der Waals surface area contributed by atoms with E-state index in [0.29, 0.717) is 43.5 Å². The van der Waals surface area contributed by atoms with Crippen molar-refractivity contribution < 1.29 is 9.21 Å². The van der Waals surface area contributed by atoms with Crippen molar-refractivity contribution in [2.75, 3.05) is 36.4 Å². The SMILES string of the molecule is Cc1ccc(Nc2cc(C)nc(N3CCN(C(=O)c4cc(C)oc4C)CC3)n2)cc1. The highest BCUT2D eigenvalue weighted by atomic mass is 16.3. The lowest BCUT2D eigenvalue weighted by Crippen LogP contribution is -2.49. The van der Waals surface area contributed by atoms with Crippen LogP contribution in [0.4, 0.5) is 17.5 Å². The van der Waals surface area contributed by atoms with Crippen molar-refractivity contribution in [3.05, 3.63) is 64.7 Å². The summed E-state index contributed by atoms with van der Waals surface area (Å²) < 4.78 is 5.51. The lowest BCUT2D eigenvalue weighted by Gasteiger charge is -2.34. The van der Waals surface area contributed by atoms with Gasteiger partial charge in [0.2, 0.25) is 5.95 Å². The zero-order valence-electron chi connectivity index (χ0n) is 17.9. The number of hydrogen-bond donors (Lipinski definition) is 1. The molecule has 7 nitrogen and oxygen atoms in total. The third kappa shape index (κ3) is 4.30. The number of aromatic nitrogens is 2. The van der Waals surface area contributed by atoms with Crippen LogP contribution < -0.4 is 10.2 Å². The summed E-state index contributed by atoms with van der Waals surface area (Å²) in [5.41, 5.74) is 3.76. The maximum atomic E-state index is 12.8. The first kappa shape index (κ1) is 19.9. The molecule has 1 saturated heterocycles. The van der Waals surface area contributed by atoms with E-state index in [9.17, 15) is 4.79 Å². The topological polar surface area (TPSA) is 74.5 Å². The largest absolute Gasteiger partial charge is 0.466 e. The van der Waals surface area contributed by atoms with Gasteiger partial charge in [-0.25, -0.2) is 4.98 Å². The van der Waals surface area contributed by atoms with Crippen molar-refractivity contribution in [1.82, 2.24) is 14.9 Å². The number of rotatable bonds is 4. The number of piperazine rings is 1. The van der Waals surface area contributed by atoms with Gasteiger partial charge in [-0.05, 0) is 45.9 Å². The van der Waals surface area contributed by atoms with Crippen LogP contribution in [0, 0.1) is 27.7 Å². The number of amides is 1. The number of nitrogens with one attached hydrogen (secondary N) is 1. The predicted molar refractivity (Wildman–Crippen MR) is 118 cm³/mol. The molecule has 0 radical (unpaired) electrons. The minimum atomic E-state index is 0.0240. The number of anilines is 3. The maximum absolute atomic E-state index is 12.8. The second-order valence-corrected chi connectivity index (χ2v) is 7.79. The minimum absolute atomic E-state index is 0.0240. The van der Waals surface area contributed by atoms with Gasteiger partial charge in [0.1, 0.15) is 17.3 Å². The van der Waals surface area contributed by atoms with Gasteiger partial charge in [-0.3, -0.25) is 4.79 Å². The molecule has 0 bridgehead atoms. The Morgan fingerprint density at radius 1 is 0.967 bits per heavy atom. The van der Waals surface area contributed by atoms with Crippen LogP contribution >= 0.6 is 0 Å². The van der Waals surface area contributed by atoms with E-state index in [1.807, 2.05) is 49.9 Å². The molecule has 3 aromatic rings. The van der Waals surface area contributed by atoms with E-state index in [1.54, 1.807) is 0 Å². The normalized spacial score (nSPS) is 14.1. The molecule has 1 aliphatic heterocycles. The van der Waals surface area contributed by atoms with Crippen LogP contribution in [0.25, 0.3) is 0 Å². The first-order valence-electron chi connectivity index (χ1n) is 10.2. The monoisotopic (exact) mass is 405 g/mol. The summed E-state index contributed by atoms with van der Waals surface area (Å²) in [6.07, 6.45) is 0. The van der Waals surface area contributed by atoms with Crippen molar-refractivity contribution in [3.8, 4) is 0 Å². The van der Waals surface area contributed by atoms with Gasteiger partial charge in [0, 0.05) is 43.6 Å². The number of benzene rings is 1. The Bertz CT molecular complexity index is 1050. The molecule has 30 heavy (non-hydrogen) atoms. The summed E-state index contributed by atoms with van der Waals surface area (Å²) in [4.78, 5) is 26.1. The number of hydrogen-bond acceptors (Lipinski definition) is 6. The Morgan fingerprint density at radius 2 is 1.67 bits per heavy atom. The van der Waals surface area contributed by atoms with Crippen LogP contribution in [-0.4, -0.2) is 47.0 Å². The molecule has 1 fully saturated rings. The highest BCUT2D eigenvalue weighted by Gasteiger charge is 2.26. The quantitative estimate of drug-likeness (QED) is 0.707. The van der Waals surface area contributed by atoms with Crippen LogP contribution in [0.2, 0.25) is 0 Å². The Kier molecular flexibility index (Phi) is 5.44. The highest BCUT2D eigenvalue weighted by molar-refractivity contribution is 5.95. The van der Waals surface area contributed by atoms with Crippen LogP contribution in [-0.2, 0) is 0 Å². The molecule has 0 spiro atoms. The lowest BCUT2D eigenvalue weighted by atomic mass is 10.2. The van der Waals surface area contributed by atoms with Gasteiger partial charge in [-0.1, -0.05) is 17.7 Å². The highest BCUT2D eigenvalue weighted by Crippen LogP contribution is 2.21. The number of carbonyl (C=O) groups is 1. The van der Waals surface area contributed by atoms with E-state index in [1.165, 1.54) is 5.56 Å². The van der Waals surface area contributed by atoms with Crippen LogP contribution in [0.15, 0.2) is 40.8 Å². The number of nitrogens with zero attached hydrogens (tertiary/aromatic N) is 4. The van der Waals surface area contributed by atoms with Gasteiger partial charge < -0.3 is 19.5 Å². The average Bonchev–Trinajstić information content (AvgIpc) is 3.07. The molecule has 156 valence electrons. The van der Waals surface area contributed by atoms with Gasteiger partial charge in [0.25, 0.3) is 5.91 Å². The third-order valence-electron chi connectivity index (χ3n) is 5.29. The van der Waals surface area contributed by atoms with Gasteiger partial charge >= 0.3 is 0 Å². The van der Waals surface area contributed by atoms with E-state index in [-0.39, 0.29) is 5.91 Å². The van der Waals surface area contributed by atoms with Crippen LogP contribution in [0.5, 0.6) is 0 Å². The van der Waals surface area contributed by atoms with Crippen LogP contribution in [0.1, 0.15) is 33.1 Å². The fourth-order valence-electron chi connectivity index (χ4n) is 3.67.